The van der Waals surface area contributed by atoms with Crippen LogP contribution in [0.3, 0.4) is 0 Å². The summed E-state index contributed by atoms with van der Waals surface area (Å²) < 4.78 is 11.5. The molecule has 1 amide bonds. The Hall–Kier alpha value is -4.40. The number of aromatic amines is 1. The zero-order valence-corrected chi connectivity index (χ0v) is 23.8. The number of benzene rings is 4. The maximum atomic E-state index is 13.4. The average Bonchev–Trinajstić information content (AvgIpc) is 3.35. The van der Waals surface area contributed by atoms with Crippen molar-refractivity contribution in [3.63, 3.8) is 0 Å². The third kappa shape index (κ3) is 5.64. The monoisotopic (exact) mass is 615 g/mol. The van der Waals surface area contributed by atoms with Gasteiger partial charge < -0.3 is 14.5 Å². The van der Waals surface area contributed by atoms with Gasteiger partial charge in [0.1, 0.15) is 17.2 Å². The number of para-hydroxylation sites is 1. The van der Waals surface area contributed by atoms with E-state index in [4.69, 9.17) is 21.1 Å². The van der Waals surface area contributed by atoms with E-state index in [0.717, 1.165) is 26.5 Å². The summed E-state index contributed by atoms with van der Waals surface area (Å²) in [6.45, 7) is 1.97. The molecule has 40 heavy (non-hydrogen) atoms. The van der Waals surface area contributed by atoms with Gasteiger partial charge in [-0.25, -0.2) is 10.2 Å². The number of ether oxygens (including phenoxy) is 2. The molecule has 0 bridgehead atoms. The van der Waals surface area contributed by atoms with Crippen molar-refractivity contribution < 1.29 is 19.1 Å². The molecule has 0 aliphatic rings. The Morgan fingerprint density at radius 3 is 2.52 bits per heavy atom. The molecule has 0 aliphatic heterocycles. The van der Waals surface area contributed by atoms with Crippen molar-refractivity contribution in [1.82, 2.24) is 10.4 Å². The fourth-order valence-electron chi connectivity index (χ4n) is 4.29. The lowest BCUT2D eigenvalue weighted by Crippen LogP contribution is -2.19. The lowest BCUT2D eigenvalue weighted by molar-refractivity contribution is 0.0734. The Balaban J connectivity index is 1.42. The summed E-state index contributed by atoms with van der Waals surface area (Å²) in [6.07, 6.45) is 1.42. The molecule has 200 valence electrons. The number of hydrogen-bond donors (Lipinski definition) is 2. The number of nitrogens with one attached hydrogen (secondary N) is 2. The van der Waals surface area contributed by atoms with Crippen molar-refractivity contribution in [2.45, 2.75) is 6.92 Å². The number of amides is 1. The Labute approximate surface area is 243 Å². The van der Waals surface area contributed by atoms with Crippen molar-refractivity contribution in [3.05, 3.63) is 117 Å². The lowest BCUT2D eigenvalue weighted by atomic mass is 10.0. The molecule has 0 spiro atoms. The van der Waals surface area contributed by atoms with Crippen molar-refractivity contribution in [1.29, 1.82) is 0 Å². The van der Waals surface area contributed by atoms with Gasteiger partial charge in [-0.2, -0.15) is 5.10 Å². The molecule has 0 saturated carbocycles. The van der Waals surface area contributed by atoms with Crippen LogP contribution >= 0.6 is 27.5 Å². The van der Waals surface area contributed by atoms with Gasteiger partial charge in [0.25, 0.3) is 5.91 Å². The largest absolute Gasteiger partial charge is 0.497 e. The van der Waals surface area contributed by atoms with E-state index < -0.39 is 11.9 Å². The Morgan fingerprint density at radius 2 is 1.77 bits per heavy atom. The minimum atomic E-state index is -0.540. The van der Waals surface area contributed by atoms with Gasteiger partial charge in [-0.15, -0.1) is 0 Å². The number of methoxy groups -OCH3 is 1. The number of nitrogens with zero attached hydrogens (tertiary/aromatic N) is 1. The van der Waals surface area contributed by atoms with Crippen LogP contribution in [0.2, 0.25) is 5.02 Å². The fourth-order valence-corrected chi connectivity index (χ4v) is 4.90. The van der Waals surface area contributed by atoms with Gasteiger partial charge in [0.2, 0.25) is 0 Å². The highest BCUT2D eigenvalue weighted by atomic mass is 79.9. The zero-order valence-electron chi connectivity index (χ0n) is 21.5. The highest BCUT2D eigenvalue weighted by Gasteiger charge is 2.21. The van der Waals surface area contributed by atoms with E-state index >= 15 is 0 Å². The van der Waals surface area contributed by atoms with E-state index in [9.17, 15) is 9.59 Å². The molecule has 7 nitrogen and oxygen atoms in total. The standard InChI is InChI=1S/C31H23BrClN3O4/c1-18-6-5-8-24-27(23-7-3-4-9-25(23)33)29(35-28(18)24)30(37)36-34-17-20-16-21(32)12-15-26(20)40-31(38)19-10-13-22(39-2)14-11-19/h3-17,35H,1-2H3,(H,36,37). The topological polar surface area (TPSA) is 92.8 Å². The quantitative estimate of drug-likeness (QED) is 0.0855. The maximum Gasteiger partial charge on any atom is 0.343 e. The molecular formula is C31H23BrClN3O4. The first-order valence-corrected chi connectivity index (χ1v) is 13.4. The van der Waals surface area contributed by atoms with E-state index in [1.807, 2.05) is 43.3 Å². The second kappa shape index (κ2) is 11.8. The molecule has 0 radical (unpaired) electrons. The van der Waals surface area contributed by atoms with Crippen LogP contribution in [0.25, 0.3) is 22.0 Å². The molecule has 5 aromatic rings. The van der Waals surface area contributed by atoms with Crippen molar-refractivity contribution in [2.24, 2.45) is 5.10 Å². The van der Waals surface area contributed by atoms with Crippen LogP contribution in [0.1, 0.15) is 32.0 Å². The van der Waals surface area contributed by atoms with Crippen LogP contribution in [-0.4, -0.2) is 30.2 Å². The van der Waals surface area contributed by atoms with E-state index in [0.29, 0.717) is 33.2 Å². The number of aryl methyl sites for hydroxylation is 1. The van der Waals surface area contributed by atoms with Gasteiger partial charge in [-0.3, -0.25) is 4.79 Å². The van der Waals surface area contributed by atoms with Gasteiger partial charge in [-0.05, 0) is 61.0 Å². The van der Waals surface area contributed by atoms with Gasteiger partial charge >= 0.3 is 5.97 Å². The van der Waals surface area contributed by atoms with Gasteiger partial charge in [-0.1, -0.05) is 63.9 Å². The molecular weight excluding hydrogens is 594 g/mol. The molecule has 0 fully saturated rings. The van der Waals surface area contributed by atoms with Crippen molar-refractivity contribution in [2.75, 3.05) is 7.11 Å². The Kier molecular flexibility index (Phi) is 8.00. The molecule has 1 heterocycles. The number of esters is 1. The van der Waals surface area contributed by atoms with E-state index in [-0.39, 0.29) is 5.75 Å². The third-order valence-electron chi connectivity index (χ3n) is 6.28. The van der Waals surface area contributed by atoms with Gasteiger partial charge in [0.05, 0.1) is 18.9 Å². The SMILES string of the molecule is COc1ccc(C(=O)Oc2ccc(Br)cc2C=NNC(=O)c2[nH]c3c(C)cccc3c2-c2ccccc2Cl)cc1. The van der Waals surface area contributed by atoms with Gasteiger partial charge in [0, 0.05) is 37.1 Å². The summed E-state index contributed by atoms with van der Waals surface area (Å²) in [6, 6.07) is 24.9. The predicted molar refractivity (Wildman–Crippen MR) is 161 cm³/mol. The van der Waals surface area contributed by atoms with Gasteiger partial charge in [0.15, 0.2) is 0 Å². The second-order valence-electron chi connectivity index (χ2n) is 8.85. The first-order valence-electron chi connectivity index (χ1n) is 12.2. The van der Waals surface area contributed by atoms with Crippen molar-refractivity contribution in [3.8, 4) is 22.6 Å². The van der Waals surface area contributed by atoms with Crippen LogP contribution in [-0.2, 0) is 0 Å². The number of hydrazone groups is 1. The predicted octanol–water partition coefficient (Wildman–Crippen LogP) is 7.55. The number of halogens is 2. The highest BCUT2D eigenvalue weighted by Crippen LogP contribution is 2.37. The molecule has 0 unspecified atom stereocenters. The molecule has 1 aromatic heterocycles. The average molecular weight is 617 g/mol. The molecule has 0 atom stereocenters. The van der Waals surface area contributed by atoms with Crippen LogP contribution in [0, 0.1) is 6.92 Å². The summed E-state index contributed by atoms with van der Waals surface area (Å²) in [5.41, 5.74) is 7.01. The second-order valence-corrected chi connectivity index (χ2v) is 10.2. The summed E-state index contributed by atoms with van der Waals surface area (Å²) in [5, 5.41) is 5.57. The minimum absolute atomic E-state index is 0.278. The number of hydrogen-bond acceptors (Lipinski definition) is 5. The number of carbonyl (C=O) groups is 2. The number of H-pyrrole nitrogens is 1. The summed E-state index contributed by atoms with van der Waals surface area (Å²) in [7, 11) is 1.55. The molecule has 2 N–H and O–H groups in total. The molecule has 0 aliphatic carbocycles. The summed E-state index contributed by atoms with van der Waals surface area (Å²) >= 11 is 9.95. The first kappa shape index (κ1) is 27.2. The number of carbonyl (C=O) groups excluding carboxylic acids is 2. The maximum absolute atomic E-state index is 13.4. The number of aromatic nitrogens is 1. The van der Waals surface area contributed by atoms with Crippen LogP contribution in [0.5, 0.6) is 11.5 Å². The molecule has 0 saturated heterocycles. The Morgan fingerprint density at radius 1 is 1.00 bits per heavy atom. The Bertz CT molecular complexity index is 1760. The fraction of sp³-hybridized carbons (Fsp3) is 0.0645. The highest BCUT2D eigenvalue weighted by molar-refractivity contribution is 9.10. The van der Waals surface area contributed by atoms with Crippen molar-refractivity contribution >= 4 is 56.5 Å². The molecule has 9 heteroatoms. The van der Waals surface area contributed by atoms with E-state index in [2.05, 4.69) is 31.4 Å². The van der Waals surface area contributed by atoms with E-state index in [1.165, 1.54) is 6.21 Å². The van der Waals surface area contributed by atoms with Crippen LogP contribution in [0.15, 0.2) is 94.5 Å². The number of rotatable bonds is 7. The first-order chi connectivity index (χ1) is 19.4. The minimum Gasteiger partial charge on any atom is -0.497 e. The summed E-state index contributed by atoms with van der Waals surface area (Å²) in [5.74, 6) is -0.0818. The number of fused-ring (bicyclic) bond motifs is 1. The zero-order chi connectivity index (χ0) is 28.2. The smallest absolute Gasteiger partial charge is 0.343 e. The van der Waals surface area contributed by atoms with Crippen LogP contribution < -0.4 is 14.9 Å². The lowest BCUT2D eigenvalue weighted by Gasteiger charge is -2.09. The van der Waals surface area contributed by atoms with Crippen LogP contribution in [0.4, 0.5) is 0 Å². The summed E-state index contributed by atoms with van der Waals surface area (Å²) in [4.78, 5) is 29.4. The third-order valence-corrected chi connectivity index (χ3v) is 7.11. The normalized spacial score (nSPS) is 11.1. The molecule has 5 rings (SSSR count). The van der Waals surface area contributed by atoms with E-state index in [1.54, 1.807) is 55.6 Å². The molecule has 4 aromatic carbocycles.